The predicted octanol–water partition coefficient (Wildman–Crippen LogP) is 1.66. The summed E-state index contributed by atoms with van der Waals surface area (Å²) < 4.78 is 39.5. The van der Waals surface area contributed by atoms with Gasteiger partial charge in [0.05, 0.1) is 11.0 Å². The average molecular weight is 287 g/mol. The highest BCUT2D eigenvalue weighted by atomic mass is 32.2. The minimum Gasteiger partial charge on any atom is -0.393 e. The van der Waals surface area contributed by atoms with E-state index < -0.39 is 15.8 Å². The second-order valence-electron chi connectivity index (χ2n) is 4.98. The summed E-state index contributed by atoms with van der Waals surface area (Å²) in [7, 11) is -3.65. The highest BCUT2D eigenvalue weighted by Gasteiger charge is 2.22. The van der Waals surface area contributed by atoms with E-state index >= 15 is 0 Å². The largest absolute Gasteiger partial charge is 0.393 e. The Morgan fingerprint density at radius 2 is 1.95 bits per heavy atom. The number of halogens is 1. The van der Waals surface area contributed by atoms with Gasteiger partial charge in [0.2, 0.25) is 10.0 Å². The molecule has 0 unspecified atom stereocenters. The maximum atomic E-state index is 13.0. The van der Waals surface area contributed by atoms with Gasteiger partial charge in [-0.25, -0.2) is 17.5 Å². The third-order valence-electron chi connectivity index (χ3n) is 3.48. The van der Waals surface area contributed by atoms with Crippen molar-refractivity contribution in [3.05, 3.63) is 30.1 Å². The summed E-state index contributed by atoms with van der Waals surface area (Å²) in [5.74, 6) is -0.324. The molecule has 106 valence electrons. The molecule has 1 aliphatic carbocycles. The summed E-state index contributed by atoms with van der Waals surface area (Å²) in [5, 5.41) is 9.38. The molecule has 0 atom stereocenters. The normalized spacial score (nSPS) is 24.3. The lowest BCUT2D eigenvalue weighted by molar-refractivity contribution is 0.109. The van der Waals surface area contributed by atoms with Gasteiger partial charge in [-0.2, -0.15) is 0 Å². The van der Waals surface area contributed by atoms with Crippen LogP contribution in [0.4, 0.5) is 4.39 Å². The van der Waals surface area contributed by atoms with Crippen LogP contribution in [0.5, 0.6) is 0 Å². The third kappa shape index (κ3) is 3.99. The Kier molecular flexibility index (Phi) is 4.54. The van der Waals surface area contributed by atoms with Crippen molar-refractivity contribution < 1.29 is 17.9 Å². The van der Waals surface area contributed by atoms with Crippen LogP contribution < -0.4 is 4.72 Å². The minimum absolute atomic E-state index is 0.0525. The molecule has 19 heavy (non-hydrogen) atoms. The van der Waals surface area contributed by atoms with E-state index in [0.717, 1.165) is 18.9 Å². The minimum atomic E-state index is -3.65. The molecular weight excluding hydrogens is 269 g/mol. The molecule has 0 aliphatic heterocycles. The van der Waals surface area contributed by atoms with Gasteiger partial charge >= 0.3 is 0 Å². The Labute approximate surface area is 112 Å². The SMILES string of the molecule is O=S(=O)(NCC1CCC(O)CC1)c1cccc(F)c1. The van der Waals surface area contributed by atoms with E-state index in [1.54, 1.807) is 0 Å². The molecule has 0 spiro atoms. The van der Waals surface area contributed by atoms with Crippen LogP contribution >= 0.6 is 0 Å². The van der Waals surface area contributed by atoms with Crippen molar-refractivity contribution in [2.45, 2.75) is 36.7 Å². The molecule has 1 aromatic carbocycles. The van der Waals surface area contributed by atoms with E-state index in [2.05, 4.69) is 4.72 Å². The van der Waals surface area contributed by atoms with Crippen molar-refractivity contribution >= 4 is 10.0 Å². The molecule has 0 amide bonds. The van der Waals surface area contributed by atoms with Crippen LogP contribution in [0.15, 0.2) is 29.2 Å². The molecule has 0 saturated heterocycles. The predicted molar refractivity (Wildman–Crippen MR) is 69.6 cm³/mol. The number of benzene rings is 1. The maximum absolute atomic E-state index is 13.0. The van der Waals surface area contributed by atoms with E-state index in [1.165, 1.54) is 18.2 Å². The first kappa shape index (κ1) is 14.4. The molecule has 4 nitrogen and oxygen atoms in total. The van der Waals surface area contributed by atoms with E-state index in [4.69, 9.17) is 0 Å². The Morgan fingerprint density at radius 3 is 2.58 bits per heavy atom. The number of hydrogen-bond acceptors (Lipinski definition) is 3. The van der Waals surface area contributed by atoms with Crippen molar-refractivity contribution in [3.8, 4) is 0 Å². The quantitative estimate of drug-likeness (QED) is 0.885. The highest BCUT2D eigenvalue weighted by Crippen LogP contribution is 2.24. The van der Waals surface area contributed by atoms with Gasteiger partial charge in [-0.05, 0) is 49.8 Å². The molecular formula is C13H18FNO3S. The molecule has 2 N–H and O–H groups in total. The molecule has 1 saturated carbocycles. The van der Waals surface area contributed by atoms with Crippen molar-refractivity contribution in [3.63, 3.8) is 0 Å². The highest BCUT2D eigenvalue weighted by molar-refractivity contribution is 7.89. The van der Waals surface area contributed by atoms with Gasteiger partial charge in [-0.15, -0.1) is 0 Å². The van der Waals surface area contributed by atoms with Gasteiger partial charge in [0, 0.05) is 6.54 Å². The molecule has 1 fully saturated rings. The van der Waals surface area contributed by atoms with Crippen LogP contribution in [0.25, 0.3) is 0 Å². The Morgan fingerprint density at radius 1 is 1.26 bits per heavy atom. The molecule has 0 aromatic heterocycles. The third-order valence-corrected chi connectivity index (χ3v) is 4.91. The standard InChI is InChI=1S/C13H18FNO3S/c14-11-2-1-3-13(8-11)19(17,18)15-9-10-4-6-12(16)7-5-10/h1-3,8,10,12,15-16H,4-7,9H2. The number of aliphatic hydroxyl groups is 1. The summed E-state index contributed by atoms with van der Waals surface area (Å²) in [6.45, 7) is 0.339. The van der Waals surface area contributed by atoms with Gasteiger partial charge in [-0.1, -0.05) is 6.07 Å². The first-order valence-electron chi connectivity index (χ1n) is 6.40. The Bertz CT molecular complexity index is 524. The lowest BCUT2D eigenvalue weighted by Crippen LogP contribution is -2.32. The van der Waals surface area contributed by atoms with Gasteiger partial charge in [0.1, 0.15) is 5.82 Å². The van der Waals surface area contributed by atoms with Gasteiger partial charge in [0.25, 0.3) is 0 Å². The van der Waals surface area contributed by atoms with E-state index in [9.17, 15) is 17.9 Å². The number of nitrogens with one attached hydrogen (secondary N) is 1. The zero-order chi connectivity index (χ0) is 13.9. The van der Waals surface area contributed by atoms with Gasteiger partial charge < -0.3 is 5.11 Å². The summed E-state index contributed by atoms with van der Waals surface area (Å²) in [4.78, 5) is -0.0525. The summed E-state index contributed by atoms with van der Waals surface area (Å²) in [6.07, 6.45) is 2.80. The zero-order valence-corrected chi connectivity index (χ0v) is 11.4. The summed E-state index contributed by atoms with van der Waals surface area (Å²) in [5.41, 5.74) is 0. The van der Waals surface area contributed by atoms with Crippen molar-refractivity contribution in [1.82, 2.24) is 4.72 Å². The first-order valence-corrected chi connectivity index (χ1v) is 7.89. The summed E-state index contributed by atoms with van der Waals surface area (Å²) >= 11 is 0. The average Bonchev–Trinajstić information content (AvgIpc) is 2.38. The molecule has 1 aromatic rings. The molecule has 0 heterocycles. The molecule has 0 bridgehead atoms. The second-order valence-corrected chi connectivity index (χ2v) is 6.75. The van der Waals surface area contributed by atoms with Gasteiger partial charge in [-0.3, -0.25) is 0 Å². The molecule has 1 aliphatic rings. The lowest BCUT2D eigenvalue weighted by atomic mass is 9.88. The number of rotatable bonds is 4. The van der Waals surface area contributed by atoms with E-state index in [-0.39, 0.29) is 16.9 Å². The van der Waals surface area contributed by atoms with E-state index in [0.29, 0.717) is 19.4 Å². The first-order chi connectivity index (χ1) is 8.97. The Hall–Kier alpha value is -0.980. The van der Waals surface area contributed by atoms with Crippen LogP contribution in [0, 0.1) is 11.7 Å². The van der Waals surface area contributed by atoms with Crippen LogP contribution in [0.1, 0.15) is 25.7 Å². The molecule has 2 rings (SSSR count). The van der Waals surface area contributed by atoms with E-state index in [1.807, 2.05) is 0 Å². The molecule has 6 heteroatoms. The maximum Gasteiger partial charge on any atom is 0.240 e. The fraction of sp³-hybridized carbons (Fsp3) is 0.538. The number of sulfonamides is 1. The van der Waals surface area contributed by atoms with Crippen molar-refractivity contribution in [2.75, 3.05) is 6.54 Å². The zero-order valence-electron chi connectivity index (χ0n) is 10.5. The number of aliphatic hydroxyl groups excluding tert-OH is 1. The van der Waals surface area contributed by atoms with Crippen LogP contribution in [0.2, 0.25) is 0 Å². The fourth-order valence-electron chi connectivity index (χ4n) is 2.29. The molecule has 0 radical (unpaired) electrons. The van der Waals surface area contributed by atoms with Crippen LogP contribution in [-0.4, -0.2) is 26.2 Å². The van der Waals surface area contributed by atoms with Crippen LogP contribution in [-0.2, 0) is 10.0 Å². The summed E-state index contributed by atoms with van der Waals surface area (Å²) in [6, 6.07) is 4.96. The van der Waals surface area contributed by atoms with Crippen LogP contribution in [0.3, 0.4) is 0 Å². The second kappa shape index (κ2) is 5.98. The monoisotopic (exact) mass is 287 g/mol. The Balaban J connectivity index is 1.95. The fourth-order valence-corrected chi connectivity index (χ4v) is 3.44. The van der Waals surface area contributed by atoms with Gasteiger partial charge in [0.15, 0.2) is 0 Å². The number of hydrogen-bond donors (Lipinski definition) is 2. The smallest absolute Gasteiger partial charge is 0.240 e. The van der Waals surface area contributed by atoms with Crippen molar-refractivity contribution in [1.29, 1.82) is 0 Å². The van der Waals surface area contributed by atoms with Crippen molar-refractivity contribution in [2.24, 2.45) is 5.92 Å². The topological polar surface area (TPSA) is 66.4 Å². The lowest BCUT2D eigenvalue weighted by Gasteiger charge is -2.25.